The van der Waals surface area contributed by atoms with Crippen LogP contribution in [0.3, 0.4) is 0 Å². The van der Waals surface area contributed by atoms with Gasteiger partial charge >= 0.3 is 6.18 Å². The van der Waals surface area contributed by atoms with E-state index in [9.17, 15) is 22.8 Å². The number of primary amides is 1. The summed E-state index contributed by atoms with van der Waals surface area (Å²) < 4.78 is 39.0. The van der Waals surface area contributed by atoms with Crippen LogP contribution in [-0.4, -0.2) is 36.0 Å². The molecule has 0 unspecified atom stereocenters. The molecule has 0 saturated carbocycles. The summed E-state index contributed by atoms with van der Waals surface area (Å²) in [6.07, 6.45) is -4.51. The predicted octanol–water partition coefficient (Wildman–Crippen LogP) is 1.49. The number of nitriles is 1. The lowest BCUT2D eigenvalue weighted by Gasteiger charge is -2.18. The van der Waals surface area contributed by atoms with Crippen LogP contribution in [0.15, 0.2) is 24.3 Å². The van der Waals surface area contributed by atoms with E-state index in [1.807, 2.05) is 6.07 Å². The lowest BCUT2D eigenvalue weighted by molar-refractivity contribution is -0.182. The largest absolute Gasteiger partial charge is 0.394 e. The van der Waals surface area contributed by atoms with Crippen LogP contribution in [-0.2, 0) is 11.2 Å². The van der Waals surface area contributed by atoms with Gasteiger partial charge in [0.05, 0.1) is 24.3 Å². The van der Waals surface area contributed by atoms with E-state index in [0.29, 0.717) is 5.56 Å². The smallest absolute Gasteiger partial charge is 0.369 e. The highest BCUT2D eigenvalue weighted by Crippen LogP contribution is 2.37. The van der Waals surface area contributed by atoms with Crippen LogP contribution in [0.1, 0.15) is 15.9 Å². The second kappa shape index (κ2) is 6.28. The van der Waals surface area contributed by atoms with Crippen LogP contribution in [0.25, 0.3) is 0 Å². The van der Waals surface area contributed by atoms with Gasteiger partial charge < -0.3 is 10.6 Å². The number of hydrogen-bond donors (Lipinski definition) is 1. The van der Waals surface area contributed by atoms with E-state index in [1.54, 1.807) is 12.1 Å². The third-order valence-corrected chi connectivity index (χ3v) is 3.85. The molecule has 0 aromatic heterocycles. The number of nitrogens with zero attached hydrogens (tertiary/aromatic N) is 2. The van der Waals surface area contributed by atoms with Gasteiger partial charge in [0.1, 0.15) is 0 Å². The number of halogens is 3. The number of carbonyl (C=O) groups is 2. The minimum absolute atomic E-state index is 0.0935. The lowest BCUT2D eigenvalue weighted by Crippen LogP contribution is -2.37. The van der Waals surface area contributed by atoms with E-state index < -0.39 is 36.4 Å². The highest BCUT2D eigenvalue weighted by molar-refractivity contribution is 5.95. The average Bonchev–Trinajstić information content (AvgIpc) is 2.92. The maximum Gasteiger partial charge on any atom is 0.394 e. The molecule has 2 rings (SSSR count). The zero-order chi connectivity index (χ0) is 17.2. The summed E-state index contributed by atoms with van der Waals surface area (Å²) in [6, 6.07) is 8.07. The predicted molar refractivity (Wildman–Crippen MR) is 73.9 cm³/mol. The van der Waals surface area contributed by atoms with Gasteiger partial charge in [-0.25, -0.2) is 0 Å². The van der Waals surface area contributed by atoms with E-state index in [2.05, 4.69) is 0 Å². The number of likely N-dealkylation sites (tertiary alicyclic amines) is 1. The maximum atomic E-state index is 13.0. The minimum Gasteiger partial charge on any atom is -0.369 e. The number of alkyl halides is 3. The third kappa shape index (κ3) is 3.62. The summed E-state index contributed by atoms with van der Waals surface area (Å²) in [5, 5.41) is 8.66. The number of amides is 2. The van der Waals surface area contributed by atoms with Crippen LogP contribution in [0.2, 0.25) is 0 Å². The standard InChI is InChI=1S/C15H14F3N3O2/c16-15(17,18)12-8-21(7-11(12)13(20)22)14(23)10-3-1-2-9(6-10)4-5-19/h1-3,6,11-12H,4,7-8H2,(H2,20,22)/t11-,12-/m1/s1. The van der Waals surface area contributed by atoms with E-state index >= 15 is 0 Å². The molecule has 0 spiro atoms. The molecule has 122 valence electrons. The Labute approximate surface area is 130 Å². The van der Waals surface area contributed by atoms with Crippen molar-refractivity contribution in [1.82, 2.24) is 4.90 Å². The molecule has 5 nitrogen and oxygen atoms in total. The molecule has 0 bridgehead atoms. The topological polar surface area (TPSA) is 87.2 Å². The third-order valence-electron chi connectivity index (χ3n) is 3.85. The Morgan fingerprint density at radius 1 is 1.35 bits per heavy atom. The number of carbonyl (C=O) groups excluding carboxylic acids is 2. The van der Waals surface area contributed by atoms with Gasteiger partial charge in [-0.2, -0.15) is 18.4 Å². The Morgan fingerprint density at radius 2 is 2.04 bits per heavy atom. The molecule has 1 aromatic rings. The Kier molecular flexibility index (Phi) is 4.59. The zero-order valence-electron chi connectivity index (χ0n) is 12.0. The van der Waals surface area contributed by atoms with Gasteiger partial charge in [-0.05, 0) is 17.7 Å². The summed E-state index contributed by atoms with van der Waals surface area (Å²) in [4.78, 5) is 24.6. The Morgan fingerprint density at radius 3 is 2.57 bits per heavy atom. The minimum atomic E-state index is -4.60. The fourth-order valence-electron chi connectivity index (χ4n) is 2.68. The number of nitrogens with two attached hydrogens (primary N) is 1. The van der Waals surface area contributed by atoms with Gasteiger partial charge in [0, 0.05) is 18.7 Å². The summed E-state index contributed by atoms with van der Waals surface area (Å²) in [7, 11) is 0. The maximum absolute atomic E-state index is 13.0. The van der Waals surface area contributed by atoms with Crippen LogP contribution >= 0.6 is 0 Å². The molecular formula is C15H14F3N3O2. The SMILES string of the molecule is N#CCc1cccc(C(=O)N2C[C@@H](C(F)(F)F)[C@H](C(N)=O)C2)c1. The van der Waals surface area contributed by atoms with Gasteiger partial charge in [0.25, 0.3) is 5.91 Å². The van der Waals surface area contributed by atoms with Gasteiger partial charge in [-0.1, -0.05) is 12.1 Å². The molecule has 1 aliphatic heterocycles. The van der Waals surface area contributed by atoms with Gasteiger partial charge in [0.2, 0.25) is 5.91 Å². The van der Waals surface area contributed by atoms with E-state index in [1.165, 1.54) is 12.1 Å². The van der Waals surface area contributed by atoms with Crippen molar-refractivity contribution in [2.24, 2.45) is 17.6 Å². The molecule has 1 saturated heterocycles. The summed E-state index contributed by atoms with van der Waals surface area (Å²) in [5.41, 5.74) is 5.81. The van der Waals surface area contributed by atoms with Gasteiger partial charge in [-0.3, -0.25) is 9.59 Å². The van der Waals surface area contributed by atoms with Crippen molar-refractivity contribution < 1.29 is 22.8 Å². The van der Waals surface area contributed by atoms with E-state index in [0.717, 1.165) is 4.90 Å². The molecule has 1 aliphatic rings. The van der Waals surface area contributed by atoms with Crippen LogP contribution in [0.5, 0.6) is 0 Å². The second-order valence-corrected chi connectivity index (χ2v) is 5.40. The molecule has 2 N–H and O–H groups in total. The summed E-state index contributed by atoms with van der Waals surface area (Å²) in [5.74, 6) is -5.07. The molecule has 8 heteroatoms. The Balaban J connectivity index is 2.22. The van der Waals surface area contributed by atoms with Crippen molar-refractivity contribution in [3.05, 3.63) is 35.4 Å². The van der Waals surface area contributed by atoms with Crippen LogP contribution in [0, 0.1) is 23.2 Å². The number of hydrogen-bond acceptors (Lipinski definition) is 3. The first-order chi connectivity index (χ1) is 10.7. The molecule has 0 radical (unpaired) electrons. The first-order valence-corrected chi connectivity index (χ1v) is 6.85. The molecule has 2 amide bonds. The van der Waals surface area contributed by atoms with Crippen molar-refractivity contribution >= 4 is 11.8 Å². The van der Waals surface area contributed by atoms with Crippen molar-refractivity contribution in [3.63, 3.8) is 0 Å². The fourth-order valence-corrected chi connectivity index (χ4v) is 2.68. The van der Waals surface area contributed by atoms with Crippen LogP contribution < -0.4 is 5.73 Å². The Bertz CT molecular complexity index is 667. The Hall–Kier alpha value is -2.56. The quantitative estimate of drug-likeness (QED) is 0.913. The second-order valence-electron chi connectivity index (χ2n) is 5.40. The van der Waals surface area contributed by atoms with Crippen molar-refractivity contribution in [1.29, 1.82) is 5.26 Å². The first-order valence-electron chi connectivity index (χ1n) is 6.85. The fraction of sp³-hybridized carbons (Fsp3) is 0.400. The summed E-state index contributed by atoms with van der Waals surface area (Å²) >= 11 is 0. The highest BCUT2D eigenvalue weighted by atomic mass is 19.4. The number of benzene rings is 1. The normalized spacial score (nSPS) is 21.0. The highest BCUT2D eigenvalue weighted by Gasteiger charge is 2.52. The molecular weight excluding hydrogens is 311 g/mol. The summed E-state index contributed by atoms with van der Waals surface area (Å²) in [6.45, 7) is -0.959. The molecule has 23 heavy (non-hydrogen) atoms. The molecule has 1 heterocycles. The molecule has 1 fully saturated rings. The van der Waals surface area contributed by atoms with Crippen LogP contribution in [0.4, 0.5) is 13.2 Å². The zero-order valence-corrected chi connectivity index (χ0v) is 12.0. The van der Waals surface area contributed by atoms with Crippen molar-refractivity contribution in [2.75, 3.05) is 13.1 Å². The van der Waals surface area contributed by atoms with E-state index in [-0.39, 0.29) is 18.5 Å². The van der Waals surface area contributed by atoms with Crippen molar-refractivity contribution in [3.8, 4) is 6.07 Å². The lowest BCUT2D eigenvalue weighted by atomic mass is 9.95. The van der Waals surface area contributed by atoms with E-state index in [4.69, 9.17) is 11.0 Å². The molecule has 2 atom stereocenters. The molecule has 0 aliphatic carbocycles. The first kappa shape index (κ1) is 16.8. The van der Waals surface area contributed by atoms with Gasteiger partial charge in [-0.15, -0.1) is 0 Å². The average molecular weight is 325 g/mol. The van der Waals surface area contributed by atoms with Crippen molar-refractivity contribution in [2.45, 2.75) is 12.6 Å². The number of rotatable bonds is 3. The monoisotopic (exact) mass is 325 g/mol. The molecule has 1 aromatic carbocycles. The van der Waals surface area contributed by atoms with Gasteiger partial charge in [0.15, 0.2) is 0 Å².